The second-order valence-electron chi connectivity index (χ2n) is 6.69. The van der Waals surface area contributed by atoms with Crippen LogP contribution in [0.15, 0.2) is 41.9 Å². The zero-order valence-electron chi connectivity index (χ0n) is 14.8. The van der Waals surface area contributed by atoms with E-state index in [-0.39, 0.29) is 12.1 Å². The smallest absolute Gasteiger partial charge is 0.269 e. The first-order valence-corrected chi connectivity index (χ1v) is 9.11. The molecule has 0 saturated carbocycles. The molecule has 1 fully saturated rings. The fourth-order valence-electron chi connectivity index (χ4n) is 3.37. The molecule has 0 radical (unpaired) electrons. The van der Waals surface area contributed by atoms with Crippen LogP contribution >= 0.6 is 12.6 Å². The van der Waals surface area contributed by atoms with E-state index in [0.717, 1.165) is 0 Å². The first-order chi connectivity index (χ1) is 13.9. The highest BCUT2D eigenvalue weighted by Gasteiger charge is 2.47. The van der Waals surface area contributed by atoms with Gasteiger partial charge in [-0.15, -0.1) is 12.6 Å². The van der Waals surface area contributed by atoms with E-state index in [2.05, 4.69) is 27.6 Å². The maximum absolute atomic E-state index is 10.7. The third-order valence-corrected chi connectivity index (χ3v) is 5.19. The minimum absolute atomic E-state index is 0.0617. The third kappa shape index (κ3) is 3.56. The molecule has 1 aliphatic heterocycles. The lowest BCUT2D eigenvalue weighted by molar-refractivity contribution is -0.384. The molecule has 3 heterocycles. The molecule has 152 valence electrons. The number of imidazole rings is 1. The lowest BCUT2D eigenvalue weighted by Gasteiger charge is -2.21. The molecule has 0 aliphatic carbocycles. The molecule has 1 saturated heterocycles. The van der Waals surface area contributed by atoms with Gasteiger partial charge in [0.1, 0.15) is 35.2 Å². The second kappa shape index (κ2) is 7.65. The number of benzene rings is 1. The van der Waals surface area contributed by atoms with Crippen LogP contribution in [0, 0.1) is 10.1 Å². The van der Waals surface area contributed by atoms with E-state index in [1.54, 1.807) is 0 Å². The summed E-state index contributed by atoms with van der Waals surface area (Å²) in [7, 11) is 0. The number of aromatic nitrogens is 4. The highest BCUT2D eigenvalue weighted by Crippen LogP contribution is 2.34. The molecule has 11 nitrogen and oxygen atoms in total. The first kappa shape index (κ1) is 19.7. The van der Waals surface area contributed by atoms with Crippen LogP contribution < -0.4 is 0 Å². The number of hydrogen-bond acceptors (Lipinski definition) is 10. The Hall–Kier alpha value is -2.64. The Bertz CT molecular complexity index is 1040. The molecule has 0 amide bonds. The van der Waals surface area contributed by atoms with E-state index in [9.17, 15) is 25.4 Å². The lowest BCUT2D eigenvalue weighted by atomic mass is 9.99. The van der Waals surface area contributed by atoms with Gasteiger partial charge in [-0.05, 0) is 5.56 Å². The minimum atomic E-state index is -1.36. The maximum Gasteiger partial charge on any atom is 0.269 e. The predicted octanol–water partition coefficient (Wildman–Crippen LogP) is 0.246. The zero-order chi connectivity index (χ0) is 20.7. The topological polar surface area (TPSA) is 157 Å². The molecule has 4 rings (SSSR count). The van der Waals surface area contributed by atoms with Crippen LogP contribution in [0.4, 0.5) is 5.69 Å². The summed E-state index contributed by atoms with van der Waals surface area (Å²) >= 11 is 4.21. The van der Waals surface area contributed by atoms with Gasteiger partial charge in [0.05, 0.1) is 17.4 Å². The standard InChI is InChI=1S/C17H17N5O6S/c23-10(5-8-1-3-9(4-2-8)22(26)27)14-12(24)13(25)17(28-14)21-7-20-11-15(21)18-6-19-16(11)29/h1-4,6-7,10,12-14,17,23-25H,5H2,(H,18,19,29)/t10?,12-,13+,14+,17+/m0/s1. The Morgan fingerprint density at radius 3 is 2.62 bits per heavy atom. The van der Waals surface area contributed by atoms with Crippen LogP contribution in [0.3, 0.4) is 0 Å². The normalized spacial score (nSPS) is 25.4. The fourth-order valence-corrected chi connectivity index (χ4v) is 3.58. The van der Waals surface area contributed by atoms with Crippen molar-refractivity contribution in [3.05, 3.63) is 52.6 Å². The summed E-state index contributed by atoms with van der Waals surface area (Å²) in [6.07, 6.45) is -3.19. The number of nitro benzene ring substituents is 1. The summed E-state index contributed by atoms with van der Waals surface area (Å²) in [5, 5.41) is 42.5. The summed E-state index contributed by atoms with van der Waals surface area (Å²) in [5.74, 6) is 0. The number of nitrogens with zero attached hydrogens (tertiary/aromatic N) is 5. The molecular formula is C17H17N5O6S. The predicted molar refractivity (Wildman–Crippen MR) is 101 cm³/mol. The summed E-state index contributed by atoms with van der Waals surface area (Å²) in [6.45, 7) is 0. The first-order valence-electron chi connectivity index (χ1n) is 8.66. The molecule has 2 aromatic heterocycles. The largest absolute Gasteiger partial charge is 0.390 e. The number of nitro groups is 1. The molecular weight excluding hydrogens is 402 g/mol. The van der Waals surface area contributed by atoms with Crippen molar-refractivity contribution in [1.29, 1.82) is 0 Å². The Morgan fingerprint density at radius 2 is 1.93 bits per heavy atom. The van der Waals surface area contributed by atoms with Crippen molar-refractivity contribution in [2.24, 2.45) is 0 Å². The summed E-state index contributed by atoms with van der Waals surface area (Å²) in [6, 6.07) is 5.70. The van der Waals surface area contributed by atoms with Gasteiger partial charge in [-0.3, -0.25) is 14.7 Å². The average Bonchev–Trinajstić information content (AvgIpc) is 3.25. The van der Waals surface area contributed by atoms with E-state index >= 15 is 0 Å². The number of rotatable bonds is 5. The molecule has 3 N–H and O–H groups in total. The van der Waals surface area contributed by atoms with Crippen molar-refractivity contribution in [3.63, 3.8) is 0 Å². The molecule has 1 unspecified atom stereocenters. The van der Waals surface area contributed by atoms with Gasteiger partial charge in [0.15, 0.2) is 11.9 Å². The van der Waals surface area contributed by atoms with Crippen molar-refractivity contribution < 1.29 is 25.0 Å². The maximum atomic E-state index is 10.7. The van der Waals surface area contributed by atoms with E-state index in [1.165, 1.54) is 41.5 Å². The molecule has 1 aromatic carbocycles. The van der Waals surface area contributed by atoms with Crippen LogP contribution in [-0.2, 0) is 11.2 Å². The summed E-state index contributed by atoms with van der Waals surface area (Å²) in [4.78, 5) is 22.4. The molecule has 0 spiro atoms. The quantitative estimate of drug-likeness (QED) is 0.197. The van der Waals surface area contributed by atoms with Gasteiger partial charge >= 0.3 is 0 Å². The highest BCUT2D eigenvalue weighted by atomic mass is 32.1. The fraction of sp³-hybridized carbons (Fsp3) is 0.353. The van der Waals surface area contributed by atoms with E-state index in [4.69, 9.17) is 4.74 Å². The molecule has 5 atom stereocenters. The van der Waals surface area contributed by atoms with Crippen molar-refractivity contribution >= 4 is 29.5 Å². The van der Waals surface area contributed by atoms with Crippen LogP contribution in [0.2, 0.25) is 0 Å². The van der Waals surface area contributed by atoms with Crippen molar-refractivity contribution in [2.75, 3.05) is 0 Å². The summed E-state index contributed by atoms with van der Waals surface area (Å²) < 4.78 is 7.20. The Labute approximate surface area is 169 Å². The van der Waals surface area contributed by atoms with Crippen molar-refractivity contribution in [1.82, 2.24) is 19.5 Å². The minimum Gasteiger partial charge on any atom is -0.390 e. The van der Waals surface area contributed by atoms with Gasteiger partial charge in [0, 0.05) is 18.6 Å². The Balaban J connectivity index is 1.53. The van der Waals surface area contributed by atoms with Crippen molar-refractivity contribution in [2.45, 2.75) is 42.1 Å². The number of non-ortho nitro benzene ring substituents is 1. The number of ether oxygens (including phenoxy) is 1. The van der Waals surface area contributed by atoms with Gasteiger partial charge in [-0.2, -0.15) is 0 Å². The SMILES string of the molecule is O=[N+]([O-])c1ccc(CC(O)[C@H]2O[C@@H](n3cnc4c(S)ncnc43)[C@H](O)[C@@H]2O)cc1. The number of thiol groups is 1. The second-order valence-corrected chi connectivity index (χ2v) is 7.11. The monoisotopic (exact) mass is 419 g/mol. The van der Waals surface area contributed by atoms with Crippen LogP contribution in [0.5, 0.6) is 0 Å². The Morgan fingerprint density at radius 1 is 1.21 bits per heavy atom. The van der Waals surface area contributed by atoms with Gasteiger partial charge in [-0.25, -0.2) is 15.0 Å². The van der Waals surface area contributed by atoms with Gasteiger partial charge in [-0.1, -0.05) is 12.1 Å². The average molecular weight is 419 g/mol. The van der Waals surface area contributed by atoms with E-state index in [0.29, 0.717) is 21.8 Å². The van der Waals surface area contributed by atoms with Gasteiger partial charge in [0.25, 0.3) is 5.69 Å². The van der Waals surface area contributed by atoms with Crippen LogP contribution in [-0.4, -0.2) is 64.2 Å². The van der Waals surface area contributed by atoms with Crippen LogP contribution in [0.1, 0.15) is 11.8 Å². The molecule has 1 aliphatic rings. The van der Waals surface area contributed by atoms with Gasteiger partial charge in [0.2, 0.25) is 0 Å². The molecule has 3 aromatic rings. The highest BCUT2D eigenvalue weighted by molar-refractivity contribution is 7.80. The number of fused-ring (bicyclic) bond motifs is 1. The third-order valence-electron chi connectivity index (χ3n) is 4.86. The van der Waals surface area contributed by atoms with E-state index in [1.807, 2.05) is 0 Å². The van der Waals surface area contributed by atoms with Gasteiger partial charge < -0.3 is 20.1 Å². The lowest BCUT2D eigenvalue weighted by Crippen LogP contribution is -2.39. The molecule has 12 heteroatoms. The molecule has 29 heavy (non-hydrogen) atoms. The zero-order valence-corrected chi connectivity index (χ0v) is 15.7. The summed E-state index contributed by atoms with van der Waals surface area (Å²) in [5.41, 5.74) is 1.34. The van der Waals surface area contributed by atoms with Crippen LogP contribution in [0.25, 0.3) is 11.2 Å². The molecule has 0 bridgehead atoms. The number of hydrogen-bond donors (Lipinski definition) is 4. The number of aliphatic hydroxyl groups is 3. The Kier molecular flexibility index (Phi) is 5.19. The number of aliphatic hydroxyl groups excluding tert-OH is 3. The van der Waals surface area contributed by atoms with Crippen molar-refractivity contribution in [3.8, 4) is 0 Å². The van der Waals surface area contributed by atoms with E-state index < -0.39 is 35.6 Å².